The number of nitrogens with two attached hydrogens (primary N) is 1. The Labute approximate surface area is 184 Å². The zero-order valence-electron chi connectivity index (χ0n) is 16.7. The predicted octanol–water partition coefficient (Wildman–Crippen LogP) is 3.66. The number of hydrogen-bond donors (Lipinski definition) is 2. The maximum absolute atomic E-state index is 12.8. The predicted molar refractivity (Wildman–Crippen MR) is 120 cm³/mol. The van der Waals surface area contributed by atoms with Gasteiger partial charge in [0.05, 0.1) is 27.1 Å². The van der Waals surface area contributed by atoms with Crippen LogP contribution in [0.1, 0.15) is 40.9 Å². The second-order valence-electron chi connectivity index (χ2n) is 7.79. The zero-order chi connectivity index (χ0) is 22.3. The number of halogens is 1. The highest BCUT2D eigenvalue weighted by Gasteiger charge is 2.49. The number of sulfone groups is 1. The number of nitrogens with zero attached hydrogens (tertiary/aromatic N) is 2. The number of aliphatic imine (C=N–C) groups is 1. The first kappa shape index (κ1) is 22.3. The average molecular weight is 465 g/mol. The number of hydrogen-bond acceptors (Lipinski definition) is 6. The van der Waals surface area contributed by atoms with Crippen molar-refractivity contribution in [2.24, 2.45) is 10.7 Å². The lowest BCUT2D eigenvalue weighted by atomic mass is 10.0. The van der Waals surface area contributed by atoms with Gasteiger partial charge in [0.25, 0.3) is 5.91 Å². The van der Waals surface area contributed by atoms with Crippen LogP contribution < -0.4 is 11.1 Å². The van der Waals surface area contributed by atoms with E-state index in [0.29, 0.717) is 15.4 Å². The number of amides is 1. The molecule has 0 saturated carbocycles. The van der Waals surface area contributed by atoms with Crippen LogP contribution in [0, 0.1) is 6.57 Å². The molecule has 0 bridgehead atoms. The standard InChI is InChI=1S/C20H21ClN4O3S2/c1-19(2)18(22)25-20(3,11-30(19,27)28)16-14(21)9-15(29-16)17(26)24-10-12-5-7-13(23-4)8-6-12/h5-9H,10-11H2,1-3H3,(H2,22,25)(H,24,26)/t20-/m0/s1. The maximum Gasteiger partial charge on any atom is 0.261 e. The van der Waals surface area contributed by atoms with Crippen molar-refractivity contribution in [3.8, 4) is 0 Å². The molecule has 0 spiro atoms. The van der Waals surface area contributed by atoms with E-state index in [9.17, 15) is 13.2 Å². The molecule has 7 nitrogen and oxygen atoms in total. The molecule has 1 aromatic carbocycles. The zero-order valence-corrected chi connectivity index (χ0v) is 19.1. The fourth-order valence-electron chi connectivity index (χ4n) is 3.06. The molecule has 3 rings (SSSR count). The minimum Gasteiger partial charge on any atom is -0.386 e. The second-order valence-corrected chi connectivity index (χ2v) is 11.8. The van der Waals surface area contributed by atoms with Gasteiger partial charge in [-0.05, 0) is 32.4 Å². The molecule has 0 saturated heterocycles. The number of amidine groups is 1. The molecule has 0 unspecified atom stereocenters. The summed E-state index contributed by atoms with van der Waals surface area (Å²) in [5.41, 5.74) is 6.20. The van der Waals surface area contributed by atoms with Gasteiger partial charge in [0.15, 0.2) is 15.5 Å². The highest BCUT2D eigenvalue weighted by molar-refractivity contribution is 7.93. The molecule has 1 aliphatic heterocycles. The summed E-state index contributed by atoms with van der Waals surface area (Å²) in [5.74, 6) is -0.556. The Hall–Kier alpha value is -2.41. The summed E-state index contributed by atoms with van der Waals surface area (Å²) in [4.78, 5) is 21.2. The smallest absolute Gasteiger partial charge is 0.261 e. The van der Waals surface area contributed by atoms with E-state index >= 15 is 0 Å². The van der Waals surface area contributed by atoms with Gasteiger partial charge in [-0.3, -0.25) is 9.79 Å². The normalized spacial score (nSPS) is 22.0. The van der Waals surface area contributed by atoms with Crippen LogP contribution in [0.4, 0.5) is 5.69 Å². The summed E-state index contributed by atoms with van der Waals surface area (Å²) >= 11 is 7.48. The molecule has 1 aromatic heterocycles. The van der Waals surface area contributed by atoms with Crippen LogP contribution in [-0.4, -0.2) is 30.7 Å². The van der Waals surface area contributed by atoms with Crippen molar-refractivity contribution < 1.29 is 13.2 Å². The molecule has 10 heteroatoms. The van der Waals surface area contributed by atoms with Crippen molar-refractivity contribution in [2.45, 2.75) is 37.6 Å². The third kappa shape index (κ3) is 3.95. The summed E-state index contributed by atoms with van der Waals surface area (Å²) < 4.78 is 24.3. The van der Waals surface area contributed by atoms with E-state index in [2.05, 4.69) is 15.2 Å². The van der Waals surface area contributed by atoms with Gasteiger partial charge in [-0.15, -0.1) is 11.3 Å². The fraction of sp³-hybridized carbons (Fsp3) is 0.350. The Bertz CT molecular complexity index is 1180. The molecule has 30 heavy (non-hydrogen) atoms. The Morgan fingerprint density at radius 1 is 1.33 bits per heavy atom. The number of carbonyl (C=O) groups excluding carboxylic acids is 1. The molecule has 1 amide bonds. The molecule has 3 N–H and O–H groups in total. The number of thiophene rings is 1. The Kier molecular flexibility index (Phi) is 5.71. The van der Waals surface area contributed by atoms with E-state index in [1.54, 1.807) is 31.2 Å². The van der Waals surface area contributed by atoms with Gasteiger partial charge < -0.3 is 11.1 Å². The number of carbonyl (C=O) groups is 1. The summed E-state index contributed by atoms with van der Waals surface area (Å²) in [5, 5.41) is 3.08. The summed E-state index contributed by atoms with van der Waals surface area (Å²) in [6.07, 6.45) is 0. The number of rotatable bonds is 4. The Morgan fingerprint density at radius 3 is 2.53 bits per heavy atom. The molecule has 0 fully saturated rings. The van der Waals surface area contributed by atoms with Crippen molar-refractivity contribution in [2.75, 3.05) is 5.75 Å². The molecular formula is C20H21ClN4O3S2. The van der Waals surface area contributed by atoms with E-state index in [1.807, 2.05) is 0 Å². The first-order valence-electron chi connectivity index (χ1n) is 9.02. The number of nitrogens with one attached hydrogen (secondary N) is 1. The SMILES string of the molecule is [C-]#[N+]c1ccc(CNC(=O)c2cc(Cl)c([C@]3(C)CS(=O)(=O)C(C)(C)C(N)=N3)s2)cc1. The van der Waals surface area contributed by atoms with Crippen LogP contribution in [-0.2, 0) is 21.9 Å². The van der Waals surface area contributed by atoms with Crippen LogP contribution in [0.2, 0.25) is 5.02 Å². The van der Waals surface area contributed by atoms with E-state index in [4.69, 9.17) is 23.9 Å². The van der Waals surface area contributed by atoms with Gasteiger partial charge >= 0.3 is 0 Å². The van der Waals surface area contributed by atoms with E-state index in [0.717, 1.165) is 16.9 Å². The highest BCUT2D eigenvalue weighted by Crippen LogP contribution is 2.43. The molecule has 0 radical (unpaired) electrons. The third-order valence-corrected chi connectivity index (χ3v) is 9.65. The van der Waals surface area contributed by atoms with Gasteiger partial charge in [0.2, 0.25) is 0 Å². The van der Waals surface area contributed by atoms with Crippen LogP contribution in [0.5, 0.6) is 0 Å². The largest absolute Gasteiger partial charge is 0.386 e. The molecule has 2 heterocycles. The lowest BCUT2D eigenvalue weighted by molar-refractivity contribution is 0.0955. The van der Waals surface area contributed by atoms with Crippen LogP contribution >= 0.6 is 22.9 Å². The summed E-state index contributed by atoms with van der Waals surface area (Å²) in [7, 11) is -3.58. The molecule has 0 aliphatic carbocycles. The van der Waals surface area contributed by atoms with E-state index in [-0.39, 0.29) is 29.1 Å². The quantitative estimate of drug-likeness (QED) is 0.673. The van der Waals surface area contributed by atoms with Gasteiger partial charge in [0.1, 0.15) is 16.1 Å². The first-order chi connectivity index (χ1) is 13.9. The molecule has 1 atom stereocenters. The van der Waals surface area contributed by atoms with Crippen LogP contribution in [0.15, 0.2) is 35.3 Å². The second kappa shape index (κ2) is 7.69. The minimum atomic E-state index is -3.58. The molecule has 1 aliphatic rings. The van der Waals surface area contributed by atoms with Crippen molar-refractivity contribution in [3.63, 3.8) is 0 Å². The van der Waals surface area contributed by atoms with E-state index in [1.165, 1.54) is 19.9 Å². The number of benzene rings is 1. The van der Waals surface area contributed by atoms with Crippen molar-refractivity contribution in [1.82, 2.24) is 5.32 Å². The topological polar surface area (TPSA) is 106 Å². The summed E-state index contributed by atoms with van der Waals surface area (Å²) in [6, 6.07) is 8.43. The van der Waals surface area contributed by atoms with Gasteiger partial charge in [-0.25, -0.2) is 13.3 Å². The van der Waals surface area contributed by atoms with Crippen molar-refractivity contribution in [3.05, 3.63) is 62.1 Å². The molecule has 2 aromatic rings. The third-order valence-electron chi connectivity index (χ3n) is 5.15. The van der Waals surface area contributed by atoms with Crippen molar-refractivity contribution >= 4 is 50.2 Å². The molecular weight excluding hydrogens is 444 g/mol. The Morgan fingerprint density at radius 2 is 1.97 bits per heavy atom. The minimum absolute atomic E-state index is 0.0228. The lowest BCUT2D eigenvalue weighted by Gasteiger charge is -2.37. The first-order valence-corrected chi connectivity index (χ1v) is 11.9. The van der Waals surface area contributed by atoms with Crippen LogP contribution in [0.25, 0.3) is 4.85 Å². The van der Waals surface area contributed by atoms with Crippen LogP contribution in [0.3, 0.4) is 0 Å². The monoisotopic (exact) mass is 464 g/mol. The summed E-state index contributed by atoms with van der Waals surface area (Å²) in [6.45, 7) is 12.0. The van der Waals surface area contributed by atoms with E-state index < -0.39 is 20.1 Å². The highest BCUT2D eigenvalue weighted by atomic mass is 35.5. The molecule has 158 valence electrons. The fourth-order valence-corrected chi connectivity index (χ4v) is 6.38. The lowest BCUT2D eigenvalue weighted by Crippen LogP contribution is -2.54. The van der Waals surface area contributed by atoms with Crippen molar-refractivity contribution in [1.29, 1.82) is 0 Å². The Balaban J connectivity index is 1.83. The maximum atomic E-state index is 12.8. The average Bonchev–Trinajstić information content (AvgIpc) is 3.07. The van der Waals surface area contributed by atoms with Gasteiger partial charge in [-0.1, -0.05) is 35.9 Å². The van der Waals surface area contributed by atoms with Gasteiger partial charge in [0, 0.05) is 6.54 Å². The van der Waals surface area contributed by atoms with Gasteiger partial charge in [-0.2, -0.15) is 0 Å².